The molecule has 0 aliphatic heterocycles. The second-order valence-electron chi connectivity index (χ2n) is 4.60. The van der Waals surface area contributed by atoms with Gasteiger partial charge in [-0.05, 0) is 48.2 Å². The Hall–Kier alpha value is -2.18. The Balaban J connectivity index is 1.86. The Morgan fingerprint density at radius 2 is 1.95 bits per heavy atom. The summed E-state index contributed by atoms with van der Waals surface area (Å²) in [6, 6.07) is 12.2. The largest absolute Gasteiger partial charge is 0.284 e. The molecule has 4 rings (SSSR count). The van der Waals surface area contributed by atoms with Crippen LogP contribution in [0.3, 0.4) is 0 Å². The van der Waals surface area contributed by atoms with E-state index in [0.717, 1.165) is 26.3 Å². The van der Waals surface area contributed by atoms with Crippen molar-refractivity contribution in [2.75, 3.05) is 0 Å². The number of nitrogens with zero attached hydrogens (tertiary/aromatic N) is 3. The highest BCUT2D eigenvalue weighted by Gasteiger charge is 2.16. The standard InChI is InChI=1S/C16H10FN3S2/c17-12-6-4-11(5-7-12)14-15(20-9-10-21-16(20)19-14)22-13-3-1-2-8-18-13/h1-10H. The van der Waals surface area contributed by atoms with Crippen LogP contribution < -0.4 is 0 Å². The molecule has 0 bridgehead atoms. The predicted molar refractivity (Wildman–Crippen MR) is 86.8 cm³/mol. The van der Waals surface area contributed by atoms with Crippen LogP contribution in [-0.2, 0) is 0 Å². The minimum Gasteiger partial charge on any atom is -0.284 e. The molecule has 3 heterocycles. The first-order valence-electron chi connectivity index (χ1n) is 6.61. The highest BCUT2D eigenvalue weighted by Crippen LogP contribution is 2.36. The van der Waals surface area contributed by atoms with Crippen molar-refractivity contribution < 1.29 is 4.39 Å². The van der Waals surface area contributed by atoms with E-state index in [9.17, 15) is 4.39 Å². The lowest BCUT2D eigenvalue weighted by Crippen LogP contribution is -1.86. The third-order valence-corrected chi connectivity index (χ3v) is 4.97. The summed E-state index contributed by atoms with van der Waals surface area (Å²) in [7, 11) is 0. The first-order chi connectivity index (χ1) is 10.8. The maximum absolute atomic E-state index is 13.2. The first kappa shape index (κ1) is 13.5. The second kappa shape index (κ2) is 5.55. The molecule has 0 aliphatic rings. The van der Waals surface area contributed by atoms with Crippen LogP contribution in [0.25, 0.3) is 16.2 Å². The molecule has 3 nitrogen and oxygen atoms in total. The fraction of sp³-hybridized carbons (Fsp3) is 0. The molecule has 0 unspecified atom stereocenters. The van der Waals surface area contributed by atoms with Gasteiger partial charge in [-0.1, -0.05) is 6.07 Å². The van der Waals surface area contributed by atoms with Gasteiger partial charge in [0.05, 0.1) is 0 Å². The Bertz CT molecular complexity index is 914. The molecule has 0 aliphatic carbocycles. The molecule has 0 radical (unpaired) electrons. The van der Waals surface area contributed by atoms with Gasteiger partial charge in [0, 0.05) is 23.3 Å². The summed E-state index contributed by atoms with van der Waals surface area (Å²) in [4.78, 5) is 9.95. The van der Waals surface area contributed by atoms with Gasteiger partial charge in [-0.15, -0.1) is 11.3 Å². The van der Waals surface area contributed by atoms with Crippen LogP contribution in [-0.4, -0.2) is 14.4 Å². The molecule has 0 saturated carbocycles. The van der Waals surface area contributed by atoms with E-state index in [0.29, 0.717) is 0 Å². The van der Waals surface area contributed by atoms with Crippen molar-refractivity contribution in [2.45, 2.75) is 10.1 Å². The third-order valence-electron chi connectivity index (χ3n) is 3.17. The summed E-state index contributed by atoms with van der Waals surface area (Å²) in [5, 5.41) is 3.89. The minimum absolute atomic E-state index is 0.247. The van der Waals surface area contributed by atoms with E-state index in [-0.39, 0.29) is 5.82 Å². The molecule has 1 aromatic carbocycles. The molecular formula is C16H10FN3S2. The molecule has 0 N–H and O–H groups in total. The Labute approximate surface area is 134 Å². The van der Waals surface area contributed by atoms with E-state index in [1.807, 2.05) is 34.2 Å². The van der Waals surface area contributed by atoms with Crippen molar-refractivity contribution in [3.63, 3.8) is 0 Å². The highest BCUT2D eigenvalue weighted by atomic mass is 32.2. The molecule has 108 valence electrons. The summed E-state index contributed by atoms with van der Waals surface area (Å²) in [6.45, 7) is 0. The fourth-order valence-electron chi connectivity index (χ4n) is 2.16. The summed E-state index contributed by atoms with van der Waals surface area (Å²) >= 11 is 3.13. The lowest BCUT2D eigenvalue weighted by Gasteiger charge is -2.03. The van der Waals surface area contributed by atoms with Gasteiger partial charge in [0.15, 0.2) is 4.96 Å². The van der Waals surface area contributed by atoms with Crippen LogP contribution in [0.2, 0.25) is 0 Å². The van der Waals surface area contributed by atoms with E-state index < -0.39 is 0 Å². The lowest BCUT2D eigenvalue weighted by molar-refractivity contribution is 0.628. The summed E-state index contributed by atoms with van der Waals surface area (Å²) in [5.74, 6) is -0.247. The Morgan fingerprint density at radius 3 is 2.73 bits per heavy atom. The summed E-state index contributed by atoms with van der Waals surface area (Å²) in [6.07, 6.45) is 3.76. The molecule has 22 heavy (non-hydrogen) atoms. The monoisotopic (exact) mass is 327 g/mol. The van der Waals surface area contributed by atoms with Crippen molar-refractivity contribution in [3.05, 3.63) is 66.1 Å². The van der Waals surface area contributed by atoms with Crippen LogP contribution >= 0.6 is 23.1 Å². The zero-order chi connectivity index (χ0) is 14.9. The summed E-state index contributed by atoms with van der Waals surface area (Å²) < 4.78 is 15.2. The van der Waals surface area contributed by atoms with Crippen LogP contribution in [0.1, 0.15) is 0 Å². The number of pyridine rings is 1. The van der Waals surface area contributed by atoms with Crippen LogP contribution in [0, 0.1) is 5.82 Å². The third kappa shape index (κ3) is 2.40. The molecule has 0 spiro atoms. The molecule has 0 saturated heterocycles. The van der Waals surface area contributed by atoms with Crippen LogP contribution in [0.4, 0.5) is 4.39 Å². The van der Waals surface area contributed by atoms with Gasteiger partial charge < -0.3 is 0 Å². The van der Waals surface area contributed by atoms with Crippen molar-refractivity contribution in [2.24, 2.45) is 0 Å². The Morgan fingerprint density at radius 1 is 1.09 bits per heavy atom. The van der Waals surface area contributed by atoms with Gasteiger partial charge in [0.1, 0.15) is 21.6 Å². The van der Waals surface area contributed by atoms with Crippen LogP contribution in [0.15, 0.2) is 70.3 Å². The molecule has 6 heteroatoms. The van der Waals surface area contributed by atoms with Crippen molar-refractivity contribution in [1.29, 1.82) is 0 Å². The van der Waals surface area contributed by atoms with Crippen molar-refractivity contribution in [1.82, 2.24) is 14.4 Å². The number of hydrogen-bond acceptors (Lipinski definition) is 4. The quantitative estimate of drug-likeness (QED) is 0.544. The number of hydrogen-bond donors (Lipinski definition) is 0. The van der Waals surface area contributed by atoms with Crippen molar-refractivity contribution >= 4 is 28.1 Å². The highest BCUT2D eigenvalue weighted by molar-refractivity contribution is 7.99. The molecule has 0 fully saturated rings. The number of rotatable bonds is 3. The zero-order valence-corrected chi connectivity index (χ0v) is 12.9. The molecule has 3 aromatic heterocycles. The van der Waals surface area contributed by atoms with Crippen molar-refractivity contribution in [3.8, 4) is 11.3 Å². The molecule has 0 atom stereocenters. The topological polar surface area (TPSA) is 30.2 Å². The molecule has 4 aromatic rings. The normalized spacial score (nSPS) is 11.1. The fourth-order valence-corrected chi connectivity index (χ4v) is 3.90. The van der Waals surface area contributed by atoms with Gasteiger partial charge in [0.2, 0.25) is 0 Å². The number of fused-ring (bicyclic) bond motifs is 1. The number of aromatic nitrogens is 3. The number of benzene rings is 1. The van der Waals surface area contributed by atoms with E-state index in [4.69, 9.17) is 0 Å². The maximum Gasteiger partial charge on any atom is 0.195 e. The average molecular weight is 327 g/mol. The van der Waals surface area contributed by atoms with Gasteiger partial charge in [-0.3, -0.25) is 4.40 Å². The number of halogens is 1. The maximum atomic E-state index is 13.2. The van der Waals surface area contributed by atoms with E-state index in [2.05, 4.69) is 9.97 Å². The lowest BCUT2D eigenvalue weighted by atomic mass is 10.2. The smallest absolute Gasteiger partial charge is 0.195 e. The van der Waals surface area contributed by atoms with Gasteiger partial charge >= 0.3 is 0 Å². The minimum atomic E-state index is -0.247. The average Bonchev–Trinajstić information content (AvgIpc) is 3.12. The van der Waals surface area contributed by atoms with Gasteiger partial charge in [-0.2, -0.15) is 0 Å². The SMILES string of the molecule is Fc1ccc(-c2nc3sccn3c2Sc2ccccn2)cc1. The molecular weight excluding hydrogens is 317 g/mol. The first-order valence-corrected chi connectivity index (χ1v) is 8.31. The molecule has 0 amide bonds. The summed E-state index contributed by atoms with van der Waals surface area (Å²) in [5.41, 5.74) is 1.75. The number of thiazole rings is 1. The van der Waals surface area contributed by atoms with Crippen LogP contribution in [0.5, 0.6) is 0 Å². The van der Waals surface area contributed by atoms with Gasteiger partial charge in [0.25, 0.3) is 0 Å². The van der Waals surface area contributed by atoms with Gasteiger partial charge in [-0.25, -0.2) is 14.4 Å². The van der Waals surface area contributed by atoms with E-state index in [1.54, 1.807) is 41.4 Å². The zero-order valence-electron chi connectivity index (χ0n) is 11.3. The predicted octanol–water partition coefficient (Wildman–Crippen LogP) is 4.75. The second-order valence-corrected chi connectivity index (χ2v) is 6.48. The van der Waals surface area contributed by atoms with E-state index >= 15 is 0 Å². The number of imidazole rings is 1. The Kier molecular flexibility index (Phi) is 3.40. The van der Waals surface area contributed by atoms with E-state index in [1.165, 1.54) is 12.1 Å².